The maximum atomic E-state index is 11.5. The van der Waals surface area contributed by atoms with Crippen LogP contribution in [0.3, 0.4) is 0 Å². The van der Waals surface area contributed by atoms with Gasteiger partial charge in [-0.3, -0.25) is 9.59 Å². The van der Waals surface area contributed by atoms with Crippen LogP contribution in [0.4, 0.5) is 0 Å². The van der Waals surface area contributed by atoms with E-state index in [0.717, 1.165) is 5.41 Å². The van der Waals surface area contributed by atoms with E-state index >= 15 is 0 Å². The summed E-state index contributed by atoms with van der Waals surface area (Å²) in [6, 6.07) is -0.498. The molecule has 2 rings (SSSR count). The van der Waals surface area contributed by atoms with E-state index < -0.39 is 27.8 Å². The Morgan fingerprint density at radius 1 is 1.50 bits per heavy atom. The molecule has 0 radical (unpaired) electrons. The number of carboxylic acids is 1. The number of rotatable bonds is 2. The molecule has 7 heteroatoms. The predicted molar refractivity (Wildman–Crippen MR) is 54.2 cm³/mol. The number of sulfone groups is 1. The lowest BCUT2D eigenvalue weighted by molar-refractivity contribution is -0.141. The molecule has 0 bridgehead atoms. The fraction of sp³-hybridized carbons (Fsp3) is 0.556. The van der Waals surface area contributed by atoms with E-state index in [2.05, 4.69) is 0 Å². The molecule has 2 unspecified atom stereocenters. The lowest BCUT2D eigenvalue weighted by Crippen LogP contribution is -2.37. The minimum absolute atomic E-state index is 0.0419. The number of carboxylic acid groups (broad SMARTS) is 1. The SMILES string of the molecule is O=C(O)C1CC(=O)N(C2C=CS(=O)(=O)C2)C1. The van der Waals surface area contributed by atoms with Gasteiger partial charge in [0.1, 0.15) is 0 Å². The Labute approximate surface area is 92.5 Å². The largest absolute Gasteiger partial charge is 0.481 e. The van der Waals surface area contributed by atoms with Crippen LogP contribution in [-0.2, 0) is 19.4 Å². The van der Waals surface area contributed by atoms with Crippen molar-refractivity contribution in [2.24, 2.45) is 5.92 Å². The summed E-state index contributed by atoms with van der Waals surface area (Å²) in [6.45, 7) is 0.0959. The number of amides is 1. The quantitative estimate of drug-likeness (QED) is 0.689. The minimum atomic E-state index is -3.22. The molecule has 1 N–H and O–H groups in total. The highest BCUT2D eigenvalue weighted by molar-refractivity contribution is 7.94. The number of nitrogens with zero attached hydrogens (tertiary/aromatic N) is 1. The summed E-state index contributed by atoms with van der Waals surface area (Å²) >= 11 is 0. The van der Waals surface area contributed by atoms with Gasteiger partial charge in [-0.2, -0.15) is 0 Å². The van der Waals surface area contributed by atoms with Gasteiger partial charge in [0.2, 0.25) is 5.91 Å². The molecular formula is C9H11NO5S. The van der Waals surface area contributed by atoms with Gasteiger partial charge >= 0.3 is 5.97 Å². The number of aliphatic carboxylic acids is 1. The zero-order valence-electron chi connectivity index (χ0n) is 8.37. The fourth-order valence-corrected chi connectivity index (χ4v) is 3.27. The molecule has 2 atom stereocenters. The van der Waals surface area contributed by atoms with Crippen molar-refractivity contribution in [1.82, 2.24) is 4.90 Å². The topological polar surface area (TPSA) is 91.8 Å². The standard InChI is InChI=1S/C9H11NO5S/c11-8-3-6(9(12)13)4-10(8)7-1-2-16(14,15)5-7/h1-2,6-7H,3-5H2,(H,12,13). The Balaban J connectivity index is 2.11. The maximum absolute atomic E-state index is 11.5. The third kappa shape index (κ3) is 1.95. The van der Waals surface area contributed by atoms with Gasteiger partial charge in [0.15, 0.2) is 9.84 Å². The van der Waals surface area contributed by atoms with Crippen LogP contribution in [0.5, 0.6) is 0 Å². The van der Waals surface area contributed by atoms with Crippen molar-refractivity contribution in [1.29, 1.82) is 0 Å². The minimum Gasteiger partial charge on any atom is -0.481 e. The van der Waals surface area contributed by atoms with Crippen molar-refractivity contribution in [2.45, 2.75) is 12.5 Å². The summed E-state index contributed by atoms with van der Waals surface area (Å²) in [6.07, 6.45) is 1.40. The first-order valence-electron chi connectivity index (χ1n) is 4.82. The third-order valence-electron chi connectivity index (χ3n) is 2.82. The molecule has 0 aliphatic carbocycles. The first kappa shape index (κ1) is 11.1. The lowest BCUT2D eigenvalue weighted by atomic mass is 10.1. The van der Waals surface area contributed by atoms with Crippen molar-refractivity contribution in [3.05, 3.63) is 11.5 Å². The van der Waals surface area contributed by atoms with Gasteiger partial charge in [-0.15, -0.1) is 0 Å². The van der Waals surface area contributed by atoms with Gasteiger partial charge in [0, 0.05) is 18.4 Å². The molecule has 2 heterocycles. The molecule has 1 amide bonds. The highest BCUT2D eigenvalue weighted by atomic mass is 32.2. The van der Waals surface area contributed by atoms with Crippen molar-refractivity contribution in [3.63, 3.8) is 0 Å². The van der Waals surface area contributed by atoms with Crippen LogP contribution in [0.2, 0.25) is 0 Å². The number of hydrogen-bond donors (Lipinski definition) is 1. The van der Waals surface area contributed by atoms with Crippen LogP contribution in [0.25, 0.3) is 0 Å². The number of carbonyl (C=O) groups excluding carboxylic acids is 1. The van der Waals surface area contributed by atoms with Gasteiger partial charge in [-0.1, -0.05) is 0 Å². The van der Waals surface area contributed by atoms with Gasteiger partial charge in [-0.05, 0) is 6.08 Å². The van der Waals surface area contributed by atoms with E-state index in [9.17, 15) is 18.0 Å². The average Bonchev–Trinajstić information content (AvgIpc) is 2.69. The summed E-state index contributed by atoms with van der Waals surface area (Å²) < 4.78 is 22.4. The summed E-state index contributed by atoms with van der Waals surface area (Å²) in [5.41, 5.74) is 0. The Kier molecular flexibility index (Phi) is 2.49. The van der Waals surface area contributed by atoms with Crippen LogP contribution >= 0.6 is 0 Å². The number of likely N-dealkylation sites (tertiary alicyclic amines) is 1. The Morgan fingerprint density at radius 2 is 2.19 bits per heavy atom. The van der Waals surface area contributed by atoms with E-state index in [1.807, 2.05) is 0 Å². The molecule has 0 aromatic carbocycles. The van der Waals surface area contributed by atoms with Crippen molar-refractivity contribution < 1.29 is 23.1 Å². The summed E-state index contributed by atoms with van der Waals surface area (Å²) in [7, 11) is -3.22. The highest BCUT2D eigenvalue weighted by Gasteiger charge is 2.39. The van der Waals surface area contributed by atoms with Crippen LogP contribution < -0.4 is 0 Å². The van der Waals surface area contributed by atoms with E-state index in [4.69, 9.17) is 5.11 Å². The van der Waals surface area contributed by atoms with Crippen molar-refractivity contribution in [2.75, 3.05) is 12.3 Å². The van der Waals surface area contributed by atoms with Crippen LogP contribution in [0.1, 0.15) is 6.42 Å². The zero-order valence-corrected chi connectivity index (χ0v) is 9.18. The Morgan fingerprint density at radius 3 is 2.62 bits per heavy atom. The maximum Gasteiger partial charge on any atom is 0.308 e. The van der Waals surface area contributed by atoms with E-state index in [0.29, 0.717) is 0 Å². The Bertz CT molecular complexity index is 466. The van der Waals surface area contributed by atoms with Gasteiger partial charge < -0.3 is 10.0 Å². The Hall–Kier alpha value is -1.37. The fourth-order valence-electron chi connectivity index (χ4n) is 1.97. The second-order valence-corrected chi connectivity index (χ2v) is 5.94. The summed E-state index contributed by atoms with van der Waals surface area (Å²) in [5, 5.41) is 9.86. The molecule has 16 heavy (non-hydrogen) atoms. The normalized spacial score (nSPS) is 32.2. The summed E-state index contributed by atoms with van der Waals surface area (Å²) in [5.74, 6) is -2.16. The molecule has 0 aromatic rings. The van der Waals surface area contributed by atoms with Crippen LogP contribution in [0.15, 0.2) is 11.5 Å². The first-order valence-corrected chi connectivity index (χ1v) is 6.54. The smallest absolute Gasteiger partial charge is 0.308 e. The molecule has 88 valence electrons. The molecule has 2 aliphatic heterocycles. The molecule has 0 saturated carbocycles. The molecule has 1 fully saturated rings. The van der Waals surface area contributed by atoms with Crippen LogP contribution in [0, 0.1) is 5.92 Å². The predicted octanol–water partition coefficient (Wildman–Crippen LogP) is -0.770. The zero-order chi connectivity index (χ0) is 11.9. The lowest BCUT2D eigenvalue weighted by Gasteiger charge is -2.21. The van der Waals surface area contributed by atoms with E-state index in [1.54, 1.807) is 0 Å². The molecule has 0 aromatic heterocycles. The van der Waals surface area contributed by atoms with Gasteiger partial charge in [0.25, 0.3) is 0 Å². The molecule has 1 saturated heterocycles. The van der Waals surface area contributed by atoms with Crippen molar-refractivity contribution in [3.8, 4) is 0 Å². The van der Waals surface area contributed by atoms with Gasteiger partial charge in [-0.25, -0.2) is 8.42 Å². The first-order chi connectivity index (χ1) is 7.39. The molecule has 0 spiro atoms. The summed E-state index contributed by atoms with van der Waals surface area (Å²) in [4.78, 5) is 23.6. The van der Waals surface area contributed by atoms with Crippen molar-refractivity contribution >= 4 is 21.7 Å². The average molecular weight is 245 g/mol. The molecule has 2 aliphatic rings. The number of hydrogen-bond acceptors (Lipinski definition) is 4. The third-order valence-corrected chi connectivity index (χ3v) is 4.20. The van der Waals surface area contributed by atoms with E-state index in [-0.39, 0.29) is 24.6 Å². The number of carbonyl (C=O) groups is 2. The van der Waals surface area contributed by atoms with E-state index in [1.165, 1.54) is 11.0 Å². The van der Waals surface area contributed by atoms with Gasteiger partial charge in [0.05, 0.1) is 17.7 Å². The highest BCUT2D eigenvalue weighted by Crippen LogP contribution is 2.24. The second-order valence-electron chi connectivity index (χ2n) is 4.01. The monoisotopic (exact) mass is 245 g/mol. The second kappa shape index (κ2) is 3.58. The van der Waals surface area contributed by atoms with Crippen LogP contribution in [-0.4, -0.2) is 48.6 Å². The molecule has 6 nitrogen and oxygen atoms in total. The molecular weight excluding hydrogens is 234 g/mol.